The first-order valence-electron chi connectivity index (χ1n) is 13.4. The summed E-state index contributed by atoms with van der Waals surface area (Å²) < 4.78 is 0. The summed E-state index contributed by atoms with van der Waals surface area (Å²) >= 11 is 1.52. The lowest BCUT2D eigenvalue weighted by Crippen LogP contribution is -2.53. The predicted octanol–water partition coefficient (Wildman–Crippen LogP) is 2.17. The number of nitrogens with zero attached hydrogens (tertiary/aromatic N) is 2. The molecular formula is C28H39N5O5S. The van der Waals surface area contributed by atoms with Crippen LogP contribution in [0.15, 0.2) is 36.5 Å². The molecule has 10 nitrogen and oxygen atoms in total. The molecule has 11 heteroatoms. The quantitative estimate of drug-likeness (QED) is 0.261. The normalized spacial score (nSPS) is 17.4. The summed E-state index contributed by atoms with van der Waals surface area (Å²) in [5.74, 6) is -1.10. The number of benzene rings is 1. The van der Waals surface area contributed by atoms with Gasteiger partial charge in [-0.1, -0.05) is 38.5 Å². The van der Waals surface area contributed by atoms with Crippen LogP contribution in [0.25, 0.3) is 10.9 Å². The van der Waals surface area contributed by atoms with Gasteiger partial charge in [0.15, 0.2) is 0 Å². The highest BCUT2D eigenvalue weighted by molar-refractivity contribution is 7.98. The molecule has 0 bridgehead atoms. The number of pyridine rings is 1. The number of aliphatic carboxylic acids is 1. The van der Waals surface area contributed by atoms with E-state index in [0.29, 0.717) is 38.1 Å². The Bertz CT molecular complexity index is 1160. The van der Waals surface area contributed by atoms with E-state index in [1.165, 1.54) is 11.8 Å². The maximum Gasteiger partial charge on any atom is 0.326 e. The number of aromatic nitrogens is 1. The van der Waals surface area contributed by atoms with E-state index >= 15 is 0 Å². The fraction of sp³-hybridized carbons (Fsp3) is 0.536. The highest BCUT2D eigenvalue weighted by atomic mass is 32.2. The van der Waals surface area contributed by atoms with Gasteiger partial charge in [-0.2, -0.15) is 11.8 Å². The van der Waals surface area contributed by atoms with Crippen molar-refractivity contribution in [3.05, 3.63) is 42.1 Å². The number of para-hydroxylation sites is 1. The van der Waals surface area contributed by atoms with Crippen LogP contribution in [-0.4, -0.2) is 81.9 Å². The van der Waals surface area contributed by atoms with Crippen molar-refractivity contribution in [1.82, 2.24) is 25.8 Å². The Hall–Kier alpha value is -3.18. The summed E-state index contributed by atoms with van der Waals surface area (Å²) in [6.07, 6.45) is 5.54. The smallest absolute Gasteiger partial charge is 0.326 e. The van der Waals surface area contributed by atoms with Gasteiger partial charge in [-0.05, 0) is 48.5 Å². The van der Waals surface area contributed by atoms with E-state index in [9.17, 15) is 24.3 Å². The molecule has 3 amide bonds. The molecule has 2 aromatic rings. The Morgan fingerprint density at radius 1 is 1.23 bits per heavy atom. The number of rotatable bonds is 15. The van der Waals surface area contributed by atoms with Crippen LogP contribution in [0.2, 0.25) is 0 Å². The van der Waals surface area contributed by atoms with Crippen molar-refractivity contribution in [3.8, 4) is 0 Å². The highest BCUT2D eigenvalue weighted by Crippen LogP contribution is 2.20. The van der Waals surface area contributed by atoms with Crippen LogP contribution >= 0.6 is 11.8 Å². The monoisotopic (exact) mass is 557 g/mol. The Morgan fingerprint density at radius 3 is 2.67 bits per heavy atom. The largest absolute Gasteiger partial charge is 0.480 e. The molecule has 0 aliphatic carbocycles. The maximum absolute atomic E-state index is 13.1. The van der Waals surface area contributed by atoms with E-state index in [0.717, 1.165) is 22.9 Å². The topological polar surface area (TPSA) is 141 Å². The van der Waals surface area contributed by atoms with E-state index in [4.69, 9.17) is 0 Å². The standard InChI is InChI=1S/C28H39N5O5S/c1-4-18(2)24(32-27(36)22-9-10-25(34)30-22)16-33(17-26(35)31-23(28(37)38)12-14-39-3)15-19-11-13-29-21-8-6-5-7-20(19)21/h5-8,11,13,18,22-24H,4,9-10,12,14-17H2,1-3H3,(H,30,34)(H,31,35)(H,32,36)(H,37,38)/t18-,22-,23-,24+/m0/s1. The fourth-order valence-electron chi connectivity index (χ4n) is 4.68. The second-order valence-electron chi connectivity index (χ2n) is 10.1. The van der Waals surface area contributed by atoms with Crippen LogP contribution < -0.4 is 16.0 Å². The second kappa shape index (κ2) is 14.8. The number of nitrogens with one attached hydrogen (secondary N) is 3. The number of carboxylic acid groups (broad SMARTS) is 1. The van der Waals surface area contributed by atoms with Gasteiger partial charge in [0.05, 0.1) is 12.1 Å². The molecular weight excluding hydrogens is 518 g/mol. The van der Waals surface area contributed by atoms with Crippen LogP contribution in [0, 0.1) is 5.92 Å². The minimum absolute atomic E-state index is 0.0390. The van der Waals surface area contributed by atoms with Crippen molar-refractivity contribution in [3.63, 3.8) is 0 Å². The van der Waals surface area contributed by atoms with Crippen LogP contribution in [-0.2, 0) is 25.7 Å². The molecule has 1 aromatic heterocycles. The SMILES string of the molecule is CC[C@H](C)[C@@H](CN(CC(=O)N[C@@H](CCSC)C(=O)O)Cc1ccnc2ccccc12)NC(=O)[C@@H]1CCC(=O)N1. The van der Waals surface area contributed by atoms with Crippen LogP contribution in [0.1, 0.15) is 45.1 Å². The number of thioether (sulfide) groups is 1. The molecule has 212 valence electrons. The van der Waals surface area contributed by atoms with Crippen LogP contribution in [0.3, 0.4) is 0 Å². The zero-order valence-electron chi connectivity index (χ0n) is 22.8. The molecule has 1 fully saturated rings. The lowest BCUT2D eigenvalue weighted by atomic mass is 9.97. The molecule has 1 aliphatic heterocycles. The van der Waals surface area contributed by atoms with Gasteiger partial charge in [-0.25, -0.2) is 4.79 Å². The third-order valence-corrected chi connectivity index (χ3v) is 7.81. The Kier molecular flexibility index (Phi) is 11.5. The number of fused-ring (bicyclic) bond motifs is 1. The Balaban J connectivity index is 1.82. The van der Waals surface area contributed by atoms with Gasteiger partial charge in [0, 0.05) is 37.1 Å². The average Bonchev–Trinajstić information content (AvgIpc) is 3.36. The summed E-state index contributed by atoms with van der Waals surface area (Å²) in [5.41, 5.74) is 1.81. The molecule has 4 atom stereocenters. The number of hydrogen-bond donors (Lipinski definition) is 4. The molecule has 1 saturated heterocycles. The Morgan fingerprint density at radius 2 is 2.00 bits per heavy atom. The van der Waals surface area contributed by atoms with E-state index in [-0.39, 0.29) is 36.2 Å². The lowest BCUT2D eigenvalue weighted by Gasteiger charge is -2.32. The molecule has 1 aromatic carbocycles. The number of carboxylic acids is 1. The number of amides is 3. The Labute approximate surface area is 233 Å². The minimum Gasteiger partial charge on any atom is -0.480 e. The van der Waals surface area contributed by atoms with Gasteiger partial charge < -0.3 is 21.1 Å². The first kappa shape index (κ1) is 30.4. The first-order valence-corrected chi connectivity index (χ1v) is 14.8. The number of carbonyl (C=O) groups is 4. The lowest BCUT2D eigenvalue weighted by molar-refractivity contribution is -0.142. The van der Waals surface area contributed by atoms with Gasteiger partial charge in [0.25, 0.3) is 0 Å². The van der Waals surface area contributed by atoms with Gasteiger partial charge in [0.1, 0.15) is 12.1 Å². The third-order valence-electron chi connectivity index (χ3n) is 7.17. The molecule has 4 N–H and O–H groups in total. The van der Waals surface area contributed by atoms with E-state index in [1.54, 1.807) is 6.20 Å². The molecule has 0 spiro atoms. The van der Waals surface area contributed by atoms with Crippen molar-refractivity contribution in [1.29, 1.82) is 0 Å². The molecule has 39 heavy (non-hydrogen) atoms. The minimum atomic E-state index is -1.06. The van der Waals surface area contributed by atoms with E-state index < -0.39 is 18.1 Å². The van der Waals surface area contributed by atoms with E-state index in [2.05, 4.69) is 20.9 Å². The van der Waals surface area contributed by atoms with Gasteiger partial charge >= 0.3 is 5.97 Å². The van der Waals surface area contributed by atoms with Crippen LogP contribution in [0.5, 0.6) is 0 Å². The van der Waals surface area contributed by atoms with Crippen molar-refractivity contribution >= 4 is 46.4 Å². The maximum atomic E-state index is 13.1. The van der Waals surface area contributed by atoms with Gasteiger partial charge in [0.2, 0.25) is 17.7 Å². The van der Waals surface area contributed by atoms with Gasteiger partial charge in [-0.3, -0.25) is 24.3 Å². The average molecular weight is 558 g/mol. The van der Waals surface area contributed by atoms with Crippen molar-refractivity contribution < 1.29 is 24.3 Å². The van der Waals surface area contributed by atoms with E-state index in [1.807, 2.05) is 55.3 Å². The number of hydrogen-bond acceptors (Lipinski definition) is 7. The number of carbonyl (C=O) groups excluding carboxylic acids is 3. The summed E-state index contributed by atoms with van der Waals surface area (Å²) in [6, 6.07) is 7.87. The summed E-state index contributed by atoms with van der Waals surface area (Å²) in [7, 11) is 0. The predicted molar refractivity (Wildman–Crippen MR) is 152 cm³/mol. The molecule has 0 saturated carbocycles. The van der Waals surface area contributed by atoms with Crippen molar-refractivity contribution in [2.45, 2.75) is 64.2 Å². The molecule has 0 radical (unpaired) electrons. The highest BCUT2D eigenvalue weighted by Gasteiger charge is 2.31. The zero-order chi connectivity index (χ0) is 28.4. The summed E-state index contributed by atoms with van der Waals surface area (Å²) in [6.45, 7) is 4.82. The first-order chi connectivity index (χ1) is 18.7. The van der Waals surface area contributed by atoms with Crippen LogP contribution in [0.4, 0.5) is 0 Å². The zero-order valence-corrected chi connectivity index (χ0v) is 23.6. The molecule has 0 unspecified atom stereocenters. The van der Waals surface area contributed by atoms with Gasteiger partial charge in [-0.15, -0.1) is 0 Å². The third kappa shape index (κ3) is 8.93. The molecule has 3 rings (SSSR count). The summed E-state index contributed by atoms with van der Waals surface area (Å²) in [5, 5.41) is 19.0. The van der Waals surface area contributed by atoms with Crippen molar-refractivity contribution in [2.24, 2.45) is 5.92 Å². The van der Waals surface area contributed by atoms with Crippen molar-refractivity contribution in [2.75, 3.05) is 25.1 Å². The molecule has 1 aliphatic rings. The summed E-state index contributed by atoms with van der Waals surface area (Å²) in [4.78, 5) is 55.8. The fourth-order valence-corrected chi connectivity index (χ4v) is 5.15. The molecule has 2 heterocycles. The second-order valence-corrected chi connectivity index (χ2v) is 11.0.